The molecule has 0 aliphatic rings. The van der Waals surface area contributed by atoms with Crippen molar-refractivity contribution in [1.82, 2.24) is 0 Å². The summed E-state index contributed by atoms with van der Waals surface area (Å²) >= 11 is 0. The number of aliphatic hydroxyl groups excluding tert-OH is 2. The summed E-state index contributed by atoms with van der Waals surface area (Å²) in [5.74, 6) is 12.3. The number of hydrogen-bond acceptors (Lipinski definition) is 4. The van der Waals surface area contributed by atoms with E-state index in [2.05, 4.69) is 44.5 Å². The number of benzene rings is 4. The van der Waals surface area contributed by atoms with E-state index in [1.807, 2.05) is 78.9 Å². The Balaban J connectivity index is 1.87. The maximum Gasteiger partial charge on any atom is 0.140 e. The van der Waals surface area contributed by atoms with Crippen molar-refractivity contribution in [3.05, 3.63) is 130 Å². The van der Waals surface area contributed by atoms with Crippen LogP contribution in [0.15, 0.2) is 102 Å². The molecule has 39 heavy (non-hydrogen) atoms. The highest BCUT2D eigenvalue weighted by atomic mass is 16.3. The summed E-state index contributed by atoms with van der Waals surface area (Å²) in [5.41, 5.74) is 4.37. The number of nitrogens with zero attached hydrogens (tertiary/aromatic N) is 1. The first-order valence-corrected chi connectivity index (χ1v) is 12.7. The minimum Gasteiger partial charge on any atom is -0.507 e. The zero-order valence-electron chi connectivity index (χ0n) is 22.3. The fraction of sp³-hybridized carbons (Fsp3) is 0.171. The quantitative estimate of drug-likeness (QED) is 0.212. The normalized spacial score (nSPS) is 12.6. The van der Waals surface area contributed by atoms with Crippen LogP contribution in [-0.4, -0.2) is 21.5 Å². The average Bonchev–Trinajstić information content (AvgIpc) is 2.94. The van der Waals surface area contributed by atoms with Gasteiger partial charge < -0.3 is 15.3 Å². The van der Waals surface area contributed by atoms with Gasteiger partial charge >= 0.3 is 0 Å². The molecule has 0 fully saturated rings. The Morgan fingerprint density at radius 1 is 0.692 bits per heavy atom. The third-order valence-electron chi connectivity index (χ3n) is 6.16. The molecule has 0 aliphatic carbocycles. The van der Waals surface area contributed by atoms with Crippen molar-refractivity contribution in [2.75, 3.05) is 0 Å². The third kappa shape index (κ3) is 7.24. The molecule has 4 nitrogen and oxygen atoms in total. The SMILES string of the molecule is CC(C)(C)c1cc(C#C[C@@H](O)c2ccccc2)c(N=Cc2ccccc2O)c(C#C[C@@H](O)c2ccccc2)c1. The van der Waals surface area contributed by atoms with Gasteiger partial charge in [-0.05, 0) is 46.4 Å². The predicted molar refractivity (Wildman–Crippen MR) is 157 cm³/mol. The molecule has 0 saturated carbocycles. The Kier molecular flexibility index (Phi) is 8.64. The molecule has 4 aromatic rings. The zero-order valence-corrected chi connectivity index (χ0v) is 22.3. The second-order valence-corrected chi connectivity index (χ2v) is 10.2. The minimum absolute atomic E-state index is 0.104. The molecule has 0 heterocycles. The number of rotatable bonds is 4. The van der Waals surface area contributed by atoms with E-state index in [0.717, 1.165) is 5.56 Å². The Hall–Kier alpha value is -4.61. The summed E-state index contributed by atoms with van der Waals surface area (Å²) in [5, 5.41) is 31.7. The zero-order chi connectivity index (χ0) is 27.8. The van der Waals surface area contributed by atoms with Gasteiger partial charge in [-0.15, -0.1) is 0 Å². The molecule has 2 atom stereocenters. The lowest BCUT2D eigenvalue weighted by atomic mass is 9.84. The maximum atomic E-state index is 10.7. The van der Waals surface area contributed by atoms with Gasteiger partial charge in [0.15, 0.2) is 0 Å². The number of aromatic hydroxyl groups is 1. The number of phenols is 1. The Bertz CT molecular complexity index is 1490. The first kappa shape index (κ1) is 27.4. The smallest absolute Gasteiger partial charge is 0.140 e. The molecule has 0 aliphatic heterocycles. The lowest BCUT2D eigenvalue weighted by Crippen LogP contribution is -2.12. The topological polar surface area (TPSA) is 73.1 Å². The van der Waals surface area contributed by atoms with Crippen molar-refractivity contribution < 1.29 is 15.3 Å². The van der Waals surface area contributed by atoms with E-state index < -0.39 is 12.2 Å². The predicted octanol–water partition coefficient (Wildman–Crippen LogP) is 6.61. The van der Waals surface area contributed by atoms with Crippen LogP contribution in [0.5, 0.6) is 5.75 Å². The van der Waals surface area contributed by atoms with Crippen LogP contribution in [0.1, 0.15) is 66.4 Å². The number of aliphatic hydroxyl groups is 2. The fourth-order valence-electron chi connectivity index (χ4n) is 3.86. The molecule has 0 aromatic heterocycles. The summed E-state index contributed by atoms with van der Waals surface area (Å²) in [6.07, 6.45) is -0.387. The first-order chi connectivity index (χ1) is 18.7. The van der Waals surface area contributed by atoms with E-state index in [-0.39, 0.29) is 11.2 Å². The molecule has 194 valence electrons. The van der Waals surface area contributed by atoms with Crippen LogP contribution in [0.2, 0.25) is 0 Å². The molecular weight excluding hydrogens is 482 g/mol. The van der Waals surface area contributed by atoms with Gasteiger partial charge in [0.2, 0.25) is 0 Å². The standard InChI is InChI=1S/C35H31NO3/c1-35(2,3)30-22-27(18-20-32(38)25-12-6-4-7-13-25)34(36-24-29-16-10-11-17-31(29)37)28(23-30)19-21-33(39)26-14-8-5-9-15-26/h4-17,22-24,32-33,37-39H,1-3H3/t32-,33-/m1/s1. The van der Waals surface area contributed by atoms with Crippen LogP contribution < -0.4 is 0 Å². The monoisotopic (exact) mass is 513 g/mol. The summed E-state index contributed by atoms with van der Waals surface area (Å²) in [6, 6.07) is 29.3. The van der Waals surface area contributed by atoms with Crippen molar-refractivity contribution in [3.8, 4) is 29.4 Å². The molecule has 0 spiro atoms. The summed E-state index contributed by atoms with van der Waals surface area (Å²) < 4.78 is 0. The van der Waals surface area contributed by atoms with Crippen molar-refractivity contribution in [1.29, 1.82) is 0 Å². The molecule has 3 N–H and O–H groups in total. The van der Waals surface area contributed by atoms with Crippen LogP contribution in [-0.2, 0) is 5.41 Å². The van der Waals surface area contributed by atoms with E-state index in [9.17, 15) is 15.3 Å². The van der Waals surface area contributed by atoms with E-state index in [4.69, 9.17) is 4.99 Å². The van der Waals surface area contributed by atoms with Gasteiger partial charge in [-0.3, -0.25) is 4.99 Å². The van der Waals surface area contributed by atoms with Gasteiger partial charge in [0, 0.05) is 11.8 Å². The lowest BCUT2D eigenvalue weighted by molar-refractivity contribution is 0.238. The van der Waals surface area contributed by atoms with E-state index >= 15 is 0 Å². The number of para-hydroxylation sites is 1. The Morgan fingerprint density at radius 2 is 1.15 bits per heavy atom. The summed E-state index contributed by atoms with van der Waals surface area (Å²) in [4.78, 5) is 4.71. The lowest BCUT2D eigenvalue weighted by Gasteiger charge is -2.21. The van der Waals surface area contributed by atoms with Crippen LogP contribution in [0.25, 0.3) is 0 Å². The largest absolute Gasteiger partial charge is 0.507 e. The fourth-order valence-corrected chi connectivity index (χ4v) is 3.86. The molecule has 0 amide bonds. The molecule has 4 heteroatoms. The van der Waals surface area contributed by atoms with Gasteiger partial charge in [-0.2, -0.15) is 0 Å². The minimum atomic E-state index is -0.978. The molecular formula is C35H31NO3. The van der Waals surface area contributed by atoms with E-state index in [0.29, 0.717) is 33.5 Å². The summed E-state index contributed by atoms with van der Waals surface area (Å²) in [7, 11) is 0. The molecule has 4 aromatic carbocycles. The summed E-state index contributed by atoms with van der Waals surface area (Å²) in [6.45, 7) is 6.29. The van der Waals surface area contributed by atoms with Gasteiger partial charge in [-0.25, -0.2) is 0 Å². The number of hydrogen-bond donors (Lipinski definition) is 3. The molecule has 0 saturated heterocycles. The van der Waals surface area contributed by atoms with Gasteiger partial charge in [0.1, 0.15) is 18.0 Å². The van der Waals surface area contributed by atoms with E-state index in [1.165, 1.54) is 0 Å². The molecule has 0 radical (unpaired) electrons. The molecule has 0 unspecified atom stereocenters. The van der Waals surface area contributed by atoms with Gasteiger partial charge in [-0.1, -0.05) is 117 Å². The van der Waals surface area contributed by atoms with Crippen molar-refractivity contribution in [2.24, 2.45) is 4.99 Å². The highest BCUT2D eigenvalue weighted by Gasteiger charge is 2.18. The van der Waals surface area contributed by atoms with Crippen LogP contribution in [0.3, 0.4) is 0 Å². The van der Waals surface area contributed by atoms with Crippen molar-refractivity contribution in [3.63, 3.8) is 0 Å². The third-order valence-corrected chi connectivity index (χ3v) is 6.16. The average molecular weight is 514 g/mol. The van der Waals surface area contributed by atoms with Crippen molar-refractivity contribution in [2.45, 2.75) is 38.4 Å². The molecule has 0 bridgehead atoms. The molecule has 4 rings (SSSR count). The van der Waals surface area contributed by atoms with Gasteiger partial charge in [0.05, 0.1) is 16.8 Å². The van der Waals surface area contributed by atoms with Crippen LogP contribution in [0.4, 0.5) is 5.69 Å². The second-order valence-electron chi connectivity index (χ2n) is 10.2. The Labute approximate surface area is 230 Å². The Morgan fingerprint density at radius 3 is 1.62 bits per heavy atom. The van der Waals surface area contributed by atoms with Crippen LogP contribution in [0, 0.1) is 23.7 Å². The number of phenolic OH excluding ortho intramolecular Hbond substituents is 1. The maximum absolute atomic E-state index is 10.7. The highest BCUT2D eigenvalue weighted by molar-refractivity contribution is 5.87. The van der Waals surface area contributed by atoms with E-state index in [1.54, 1.807) is 24.4 Å². The van der Waals surface area contributed by atoms with Crippen LogP contribution >= 0.6 is 0 Å². The number of aliphatic imine (C=N–C) groups is 1. The second kappa shape index (κ2) is 12.3. The highest BCUT2D eigenvalue weighted by Crippen LogP contribution is 2.32. The van der Waals surface area contributed by atoms with Crippen molar-refractivity contribution >= 4 is 11.9 Å². The first-order valence-electron chi connectivity index (χ1n) is 12.7. The van der Waals surface area contributed by atoms with Gasteiger partial charge in [0.25, 0.3) is 0 Å².